The zero-order valence-corrected chi connectivity index (χ0v) is 36.5. The molecule has 4 aromatic carbocycles. The molecule has 8 heteroatoms. The van der Waals surface area contributed by atoms with Crippen molar-refractivity contribution in [2.45, 2.75) is 106 Å². The van der Waals surface area contributed by atoms with Gasteiger partial charge in [0, 0.05) is 43.7 Å². The molecule has 0 spiro atoms. The van der Waals surface area contributed by atoms with Gasteiger partial charge in [0.05, 0.1) is 16.9 Å². The Morgan fingerprint density at radius 2 is 1.25 bits per heavy atom. The first-order chi connectivity index (χ1) is 25.9. The maximum Gasteiger partial charge on any atom is 0.394 e. The molecule has 0 unspecified atom stereocenters. The minimum Gasteiger partial charge on any atom is -0.512 e. The number of carbonyl (C=O) groups is 1. The van der Waals surface area contributed by atoms with Gasteiger partial charge in [-0.05, 0) is 65.8 Å². The molecule has 0 aliphatic rings. The average Bonchev–Trinajstić information content (AvgIpc) is 3.15. The number of fused-ring (bicyclic) bond motifs is 1. The number of aliphatic hydroxyl groups excluding tert-OH is 1. The second-order valence-corrected chi connectivity index (χ2v) is 16.0. The maximum atomic E-state index is 13.3. The van der Waals surface area contributed by atoms with E-state index < -0.39 is 11.6 Å². The minimum atomic E-state index is -4.25. The fraction of sp³-hybridized carbons (Fsp3) is 0.396. The van der Waals surface area contributed by atoms with E-state index in [1.165, 1.54) is 30.9 Å². The summed E-state index contributed by atoms with van der Waals surface area (Å²) in [6.45, 7) is 17.2. The van der Waals surface area contributed by atoms with Crippen LogP contribution in [0.25, 0.3) is 44.4 Å². The second-order valence-electron chi connectivity index (χ2n) is 16.0. The quantitative estimate of drug-likeness (QED) is 0.0769. The second kappa shape index (κ2) is 19.8. The Kier molecular flexibility index (Phi) is 16.4. The molecule has 0 saturated carbocycles. The van der Waals surface area contributed by atoms with Crippen molar-refractivity contribution in [2.24, 2.45) is 17.3 Å². The third kappa shape index (κ3) is 11.7. The van der Waals surface area contributed by atoms with Crippen molar-refractivity contribution >= 4 is 16.6 Å². The molecule has 56 heavy (non-hydrogen) atoms. The normalized spacial score (nSPS) is 12.4. The molecule has 4 nitrogen and oxygen atoms in total. The van der Waals surface area contributed by atoms with Crippen LogP contribution in [0.15, 0.2) is 103 Å². The third-order valence-electron chi connectivity index (χ3n) is 10.5. The molecule has 301 valence electrons. The van der Waals surface area contributed by atoms with Crippen LogP contribution < -0.4 is 0 Å². The van der Waals surface area contributed by atoms with Gasteiger partial charge < -0.3 is 5.11 Å². The first-order valence-electron chi connectivity index (χ1n) is 19.4. The van der Waals surface area contributed by atoms with Crippen LogP contribution in [0.4, 0.5) is 13.2 Å². The van der Waals surface area contributed by atoms with E-state index in [1.54, 1.807) is 18.5 Å². The molecule has 0 saturated heterocycles. The molecular weight excluding hydrogens is 886 g/mol. The number of benzene rings is 4. The first-order valence-corrected chi connectivity index (χ1v) is 19.4. The standard InChI is InChI=1S/C35H32F3N2.C13H24O2.Ir/c1-33(2,3)30-19-28(18-27-8-6-7-9-29(27)30)32-20-31(39-22-40-32)26-16-14-25(15-17-26)24-12-10-23(11-13-24)21-34(4,5)35(36,37)38;1-5-10(6-2)12(14)9-13(15)11(7-3)8-4;/h6-17,19-20,22H,21H2,1-5H3;9-11,14H,5-8H2,1-4H3;/q-1;;/b;12-9-;. The van der Waals surface area contributed by atoms with Crippen molar-refractivity contribution < 1.29 is 43.2 Å². The van der Waals surface area contributed by atoms with Gasteiger partial charge in [-0.2, -0.15) is 13.2 Å². The molecular formula is C48H56F3IrN2O2-. The number of carbonyl (C=O) groups excluding carboxylic acids is 1. The van der Waals surface area contributed by atoms with Gasteiger partial charge >= 0.3 is 6.18 Å². The number of aromatic nitrogens is 2. The minimum absolute atomic E-state index is 0. The van der Waals surface area contributed by atoms with E-state index in [0.29, 0.717) is 5.56 Å². The molecule has 5 aromatic rings. The molecule has 0 bridgehead atoms. The van der Waals surface area contributed by atoms with Crippen molar-refractivity contribution in [3.05, 3.63) is 120 Å². The molecule has 1 N–H and O–H groups in total. The Morgan fingerprint density at radius 1 is 0.732 bits per heavy atom. The fourth-order valence-electron chi connectivity index (χ4n) is 6.69. The van der Waals surface area contributed by atoms with Gasteiger partial charge in [0.25, 0.3) is 0 Å². The van der Waals surface area contributed by atoms with Crippen molar-refractivity contribution in [1.82, 2.24) is 9.97 Å². The Labute approximate surface area is 345 Å². The van der Waals surface area contributed by atoms with E-state index in [1.807, 2.05) is 76.2 Å². The molecule has 0 aliphatic heterocycles. The van der Waals surface area contributed by atoms with Gasteiger partial charge in [-0.25, -0.2) is 4.98 Å². The Bertz CT molecular complexity index is 2060. The number of ketones is 1. The Morgan fingerprint density at radius 3 is 1.79 bits per heavy atom. The van der Waals surface area contributed by atoms with Gasteiger partial charge in [0.15, 0.2) is 5.78 Å². The van der Waals surface area contributed by atoms with Gasteiger partial charge in [-0.1, -0.05) is 140 Å². The van der Waals surface area contributed by atoms with Crippen LogP contribution in [0.3, 0.4) is 0 Å². The van der Waals surface area contributed by atoms with Crippen LogP contribution in [0.1, 0.15) is 99.1 Å². The molecule has 0 amide bonds. The molecule has 1 radical (unpaired) electrons. The predicted octanol–water partition coefficient (Wildman–Crippen LogP) is 13.7. The largest absolute Gasteiger partial charge is 0.512 e. The van der Waals surface area contributed by atoms with E-state index in [9.17, 15) is 23.1 Å². The monoisotopic (exact) mass is 942 g/mol. The number of alkyl halides is 3. The number of halogens is 3. The summed E-state index contributed by atoms with van der Waals surface area (Å²) in [6.07, 6.45) is 2.18. The topological polar surface area (TPSA) is 63.1 Å². The fourth-order valence-corrected chi connectivity index (χ4v) is 6.69. The number of rotatable bonds is 12. The zero-order valence-electron chi connectivity index (χ0n) is 34.1. The SMILES string of the molecule is CC(C)(C)c1cc(-c2cc(-c3ccc(-c4ccc(CC(C)(C)C(F)(F)F)cc4)cc3)ncn2)[c-]c2ccccc12.CCC(CC)C(=O)/C=C(\O)C(CC)CC.[Ir]. The molecule has 1 heterocycles. The summed E-state index contributed by atoms with van der Waals surface area (Å²) in [5.41, 5.74) is 5.52. The van der Waals surface area contributed by atoms with Crippen LogP contribution in [-0.2, 0) is 36.7 Å². The summed E-state index contributed by atoms with van der Waals surface area (Å²) in [4.78, 5) is 20.8. The van der Waals surface area contributed by atoms with Crippen LogP contribution in [-0.4, -0.2) is 27.0 Å². The van der Waals surface area contributed by atoms with Crippen LogP contribution in [0, 0.1) is 23.3 Å². The van der Waals surface area contributed by atoms with E-state index in [4.69, 9.17) is 0 Å². The van der Waals surface area contributed by atoms with Crippen LogP contribution in [0.2, 0.25) is 0 Å². The average molecular weight is 942 g/mol. The number of hydrogen-bond acceptors (Lipinski definition) is 4. The van der Waals surface area contributed by atoms with Crippen molar-refractivity contribution in [1.29, 1.82) is 0 Å². The van der Waals surface area contributed by atoms with E-state index in [-0.39, 0.29) is 55.3 Å². The number of hydrogen-bond donors (Lipinski definition) is 1. The molecule has 0 aliphatic carbocycles. The van der Waals surface area contributed by atoms with Crippen molar-refractivity contribution in [3.8, 4) is 33.6 Å². The zero-order chi connectivity index (χ0) is 40.6. The van der Waals surface area contributed by atoms with Gasteiger partial charge in [0.1, 0.15) is 6.33 Å². The molecule has 5 rings (SSSR count). The summed E-state index contributed by atoms with van der Waals surface area (Å²) < 4.78 is 39.8. The third-order valence-corrected chi connectivity index (χ3v) is 10.5. The van der Waals surface area contributed by atoms with Crippen LogP contribution >= 0.6 is 0 Å². The molecule has 0 atom stereocenters. The van der Waals surface area contributed by atoms with E-state index in [2.05, 4.69) is 61.1 Å². The van der Waals surface area contributed by atoms with Gasteiger partial charge in [0.2, 0.25) is 0 Å². The van der Waals surface area contributed by atoms with Crippen molar-refractivity contribution in [2.75, 3.05) is 0 Å². The molecule has 1 aromatic heterocycles. The Hall–Kier alpha value is -4.13. The van der Waals surface area contributed by atoms with E-state index in [0.717, 1.165) is 64.7 Å². The number of nitrogens with zero attached hydrogens (tertiary/aromatic N) is 2. The Balaban J connectivity index is 0.000000448. The predicted molar refractivity (Wildman–Crippen MR) is 221 cm³/mol. The molecule has 0 fully saturated rings. The van der Waals surface area contributed by atoms with E-state index >= 15 is 0 Å². The van der Waals surface area contributed by atoms with Gasteiger partial charge in [-0.3, -0.25) is 9.78 Å². The summed E-state index contributed by atoms with van der Waals surface area (Å²) >= 11 is 0. The van der Waals surface area contributed by atoms with Crippen molar-refractivity contribution in [3.63, 3.8) is 0 Å². The number of allylic oxidation sites excluding steroid dienone is 2. The first kappa shape index (κ1) is 46.3. The summed E-state index contributed by atoms with van der Waals surface area (Å²) in [5, 5.41) is 12.0. The maximum absolute atomic E-state index is 13.3. The number of aliphatic hydroxyl groups is 1. The smallest absolute Gasteiger partial charge is 0.394 e. The summed E-state index contributed by atoms with van der Waals surface area (Å²) in [5.74, 6) is 0.547. The summed E-state index contributed by atoms with van der Waals surface area (Å²) in [7, 11) is 0. The van der Waals surface area contributed by atoms with Gasteiger partial charge in [-0.15, -0.1) is 29.1 Å². The van der Waals surface area contributed by atoms with Crippen LogP contribution in [0.5, 0.6) is 0 Å². The summed E-state index contributed by atoms with van der Waals surface area (Å²) in [6, 6.07) is 31.3.